The van der Waals surface area contributed by atoms with Crippen molar-refractivity contribution in [2.75, 3.05) is 17.7 Å². The highest BCUT2D eigenvalue weighted by Crippen LogP contribution is 2.36. The summed E-state index contributed by atoms with van der Waals surface area (Å²) in [4.78, 5) is 13.1. The van der Waals surface area contributed by atoms with Crippen LogP contribution in [-0.4, -0.2) is 22.8 Å². The topological polar surface area (TPSA) is 68.2 Å². The van der Waals surface area contributed by atoms with Crippen molar-refractivity contribution >= 4 is 34.7 Å². The minimum atomic E-state index is -0.560. The van der Waals surface area contributed by atoms with Crippen LogP contribution >= 0.6 is 11.6 Å². The van der Waals surface area contributed by atoms with Crippen molar-refractivity contribution in [3.63, 3.8) is 0 Å². The Bertz CT molecular complexity index is 1400. The molecule has 1 aliphatic rings. The van der Waals surface area contributed by atoms with E-state index >= 15 is 0 Å². The summed E-state index contributed by atoms with van der Waals surface area (Å²) in [6.07, 6.45) is 3.36. The lowest BCUT2D eigenvalue weighted by Gasteiger charge is -2.26. The van der Waals surface area contributed by atoms with Crippen LogP contribution in [-0.2, 0) is 0 Å². The highest BCUT2D eigenvalue weighted by molar-refractivity contribution is 6.30. The van der Waals surface area contributed by atoms with Gasteiger partial charge in [-0.15, -0.1) is 0 Å². The molecule has 1 amide bonds. The fraction of sp³-hybridized carbons (Fsp3) is 0.0769. The molecule has 0 unspecified atom stereocenters. The number of fused-ring (bicyclic) bond motifs is 1. The number of hydrogen-bond donors (Lipinski definition) is 2. The van der Waals surface area contributed by atoms with Crippen molar-refractivity contribution in [2.45, 2.75) is 6.04 Å². The molecule has 4 aromatic rings. The normalized spacial score (nSPS) is 14.6. The summed E-state index contributed by atoms with van der Waals surface area (Å²) in [5.74, 6) is 0.432. The molecule has 170 valence electrons. The van der Waals surface area contributed by atoms with Crippen LogP contribution in [0.25, 0.3) is 5.70 Å². The third kappa shape index (κ3) is 4.13. The smallest absolute Gasteiger partial charge is 0.261 e. The Morgan fingerprint density at radius 2 is 1.91 bits per heavy atom. The summed E-state index contributed by atoms with van der Waals surface area (Å²) in [5, 5.41) is 11.2. The lowest BCUT2D eigenvalue weighted by Crippen LogP contribution is -2.22. The number of allylic oxidation sites excluding steroid dienone is 1. The van der Waals surface area contributed by atoms with Gasteiger partial charge in [0, 0.05) is 27.5 Å². The molecule has 1 atom stereocenters. The maximum atomic E-state index is 14.8. The van der Waals surface area contributed by atoms with E-state index in [1.165, 1.54) is 12.3 Å². The zero-order valence-electron chi connectivity index (χ0n) is 18.1. The minimum absolute atomic E-state index is 0.324. The largest absolute Gasteiger partial charge is 0.497 e. The number of halogens is 2. The van der Waals surface area contributed by atoms with Gasteiger partial charge in [-0.05, 0) is 48.5 Å². The molecular weight excluding hydrogens is 455 g/mol. The third-order valence-electron chi connectivity index (χ3n) is 5.59. The van der Waals surface area contributed by atoms with E-state index in [2.05, 4.69) is 15.7 Å². The number of benzene rings is 3. The number of nitrogens with one attached hydrogen (secondary N) is 2. The van der Waals surface area contributed by atoms with Crippen LogP contribution in [0.4, 0.5) is 15.9 Å². The van der Waals surface area contributed by atoms with Crippen LogP contribution in [0.1, 0.15) is 27.5 Å². The highest BCUT2D eigenvalue weighted by Gasteiger charge is 2.29. The Kier molecular flexibility index (Phi) is 5.77. The minimum Gasteiger partial charge on any atom is -0.497 e. The molecule has 34 heavy (non-hydrogen) atoms. The van der Waals surface area contributed by atoms with E-state index in [1.54, 1.807) is 54.3 Å². The molecule has 0 bridgehead atoms. The van der Waals surface area contributed by atoms with Gasteiger partial charge in [0.2, 0.25) is 0 Å². The van der Waals surface area contributed by atoms with Crippen LogP contribution in [0.2, 0.25) is 5.02 Å². The van der Waals surface area contributed by atoms with Crippen molar-refractivity contribution in [3.8, 4) is 5.75 Å². The van der Waals surface area contributed by atoms with Gasteiger partial charge in [0.25, 0.3) is 5.91 Å². The van der Waals surface area contributed by atoms with Crippen molar-refractivity contribution in [1.82, 2.24) is 9.78 Å². The van der Waals surface area contributed by atoms with Gasteiger partial charge >= 0.3 is 0 Å². The zero-order chi connectivity index (χ0) is 23.7. The first kappa shape index (κ1) is 21.7. The first-order valence-electron chi connectivity index (χ1n) is 10.6. The van der Waals surface area contributed by atoms with Crippen LogP contribution in [0, 0.1) is 5.82 Å². The number of amides is 1. The molecule has 2 heterocycles. The molecule has 0 spiro atoms. The quantitative estimate of drug-likeness (QED) is 0.372. The number of carbonyl (C=O) groups excluding carboxylic acids is 1. The molecule has 0 radical (unpaired) electrons. The summed E-state index contributed by atoms with van der Waals surface area (Å²) < 4.78 is 21.8. The third-order valence-corrected chi connectivity index (χ3v) is 5.84. The molecule has 0 saturated heterocycles. The summed E-state index contributed by atoms with van der Waals surface area (Å²) in [7, 11) is 1.60. The van der Waals surface area contributed by atoms with E-state index < -0.39 is 6.04 Å². The van der Waals surface area contributed by atoms with Crippen LogP contribution < -0.4 is 15.4 Å². The zero-order valence-corrected chi connectivity index (χ0v) is 18.9. The highest BCUT2D eigenvalue weighted by atomic mass is 35.5. The molecule has 8 heteroatoms. The van der Waals surface area contributed by atoms with Crippen LogP contribution in [0.5, 0.6) is 5.75 Å². The van der Waals surface area contributed by atoms with Gasteiger partial charge in [-0.2, -0.15) is 5.10 Å². The summed E-state index contributed by atoms with van der Waals surface area (Å²) in [5.41, 5.74) is 2.90. The number of nitrogens with zero attached hydrogens (tertiary/aromatic N) is 2. The number of methoxy groups -OCH3 is 1. The monoisotopic (exact) mass is 474 g/mol. The Morgan fingerprint density at radius 3 is 2.68 bits per heavy atom. The van der Waals surface area contributed by atoms with Crippen LogP contribution in [0.15, 0.2) is 85.1 Å². The molecule has 0 saturated carbocycles. The van der Waals surface area contributed by atoms with Crippen molar-refractivity contribution < 1.29 is 13.9 Å². The Morgan fingerprint density at radius 1 is 1.12 bits per heavy atom. The SMILES string of the molecule is COc1cccc(C2=C[C@H](c3ccccc3F)n3ncc(C(=O)Nc4ccc(Cl)cc4)c3N2)c1. The number of anilines is 2. The van der Waals surface area contributed by atoms with Crippen molar-refractivity contribution in [1.29, 1.82) is 0 Å². The first-order valence-corrected chi connectivity index (χ1v) is 10.9. The van der Waals surface area contributed by atoms with Crippen LogP contribution in [0.3, 0.4) is 0 Å². The van der Waals surface area contributed by atoms with Gasteiger partial charge in [0.15, 0.2) is 0 Å². The summed E-state index contributed by atoms with van der Waals surface area (Å²) in [6.45, 7) is 0. The second kappa shape index (κ2) is 9.03. The molecule has 0 fully saturated rings. The van der Waals surface area contributed by atoms with Gasteiger partial charge in [0.05, 0.1) is 13.3 Å². The van der Waals surface area contributed by atoms with Crippen molar-refractivity contribution in [3.05, 3.63) is 113 Å². The standard InChI is InChI=1S/C26H20ClFN4O2/c1-34-19-6-4-5-16(13-19)23-14-24(20-7-2-3-8-22(20)28)32-25(31-23)21(15-29-32)26(33)30-18-11-9-17(27)10-12-18/h2-15,24,31H,1H3,(H,30,33)/t24-/m1/s1. The number of rotatable bonds is 5. The fourth-order valence-corrected chi connectivity index (χ4v) is 4.01. The predicted octanol–water partition coefficient (Wildman–Crippen LogP) is 5.99. The second-order valence-electron chi connectivity index (χ2n) is 7.72. The predicted molar refractivity (Wildman–Crippen MR) is 131 cm³/mol. The number of aromatic nitrogens is 2. The molecule has 3 aromatic carbocycles. The molecule has 6 nitrogen and oxygen atoms in total. The lowest BCUT2D eigenvalue weighted by molar-refractivity contribution is 0.102. The van der Waals surface area contributed by atoms with Gasteiger partial charge in [-0.25, -0.2) is 9.07 Å². The maximum Gasteiger partial charge on any atom is 0.261 e. The average molecular weight is 475 g/mol. The van der Waals surface area contributed by atoms with Gasteiger partial charge < -0.3 is 15.4 Å². The molecule has 5 rings (SSSR count). The second-order valence-corrected chi connectivity index (χ2v) is 8.15. The Hall–Kier alpha value is -4.10. The van der Waals surface area contributed by atoms with E-state index in [0.717, 1.165) is 5.56 Å². The molecule has 0 aliphatic carbocycles. The van der Waals surface area contributed by atoms with E-state index in [9.17, 15) is 9.18 Å². The fourth-order valence-electron chi connectivity index (χ4n) is 3.89. The molecule has 2 N–H and O–H groups in total. The Labute approximate surface area is 200 Å². The van der Waals surface area contributed by atoms with Gasteiger partial charge in [-0.3, -0.25) is 4.79 Å². The average Bonchev–Trinajstić information content (AvgIpc) is 3.29. The van der Waals surface area contributed by atoms with E-state index in [0.29, 0.717) is 39.1 Å². The van der Waals surface area contributed by atoms with E-state index in [-0.39, 0.29) is 11.7 Å². The molecule has 1 aromatic heterocycles. The lowest BCUT2D eigenvalue weighted by atomic mass is 10.0. The van der Waals surface area contributed by atoms with Gasteiger partial charge in [0.1, 0.15) is 29.0 Å². The number of ether oxygens (including phenoxy) is 1. The first-order chi connectivity index (χ1) is 16.5. The summed E-state index contributed by atoms with van der Waals surface area (Å²) in [6, 6.07) is 20.3. The maximum absolute atomic E-state index is 14.8. The van der Waals surface area contributed by atoms with E-state index in [1.807, 2.05) is 30.3 Å². The number of hydrogen-bond acceptors (Lipinski definition) is 4. The molecular formula is C26H20ClFN4O2. The molecule has 1 aliphatic heterocycles. The summed E-state index contributed by atoms with van der Waals surface area (Å²) >= 11 is 5.94. The van der Waals surface area contributed by atoms with Crippen molar-refractivity contribution in [2.24, 2.45) is 0 Å². The number of carbonyl (C=O) groups is 1. The Balaban J connectivity index is 1.57. The van der Waals surface area contributed by atoms with E-state index in [4.69, 9.17) is 16.3 Å². The van der Waals surface area contributed by atoms with Gasteiger partial charge in [-0.1, -0.05) is 41.9 Å².